The van der Waals surface area contributed by atoms with Gasteiger partial charge in [0.25, 0.3) is 5.91 Å². The Morgan fingerprint density at radius 3 is 2.59 bits per heavy atom. The standard InChI is InChI=1S/C20H29ClN2O3S/c1-5-6-15(22-18(24)16-7-8-17(21)27-16)13-14-9-11-23(12-10-14)19(25)26-20(2,3)4/h5,7-8,14-15H,1,6,9-13H2,2-4H3,(H,22,24)/t15-/m0/s1. The molecule has 0 unspecified atom stereocenters. The number of carbonyl (C=O) groups excluding carboxylic acids is 2. The van der Waals surface area contributed by atoms with Crippen LogP contribution >= 0.6 is 22.9 Å². The summed E-state index contributed by atoms with van der Waals surface area (Å²) in [5, 5.41) is 3.10. The zero-order chi connectivity index (χ0) is 20.0. The predicted molar refractivity (Wildman–Crippen MR) is 111 cm³/mol. The second-order valence-corrected chi connectivity index (χ2v) is 9.66. The van der Waals surface area contributed by atoms with Crippen molar-refractivity contribution < 1.29 is 14.3 Å². The van der Waals surface area contributed by atoms with Crippen LogP contribution in [0.4, 0.5) is 4.79 Å². The number of thiophene rings is 1. The molecule has 5 nitrogen and oxygen atoms in total. The molecular formula is C20H29ClN2O3S. The molecule has 1 aliphatic heterocycles. The lowest BCUT2D eigenvalue weighted by Gasteiger charge is -2.34. The number of amides is 2. The van der Waals surface area contributed by atoms with Gasteiger partial charge in [0, 0.05) is 19.1 Å². The van der Waals surface area contributed by atoms with Gasteiger partial charge in [-0.15, -0.1) is 17.9 Å². The molecule has 0 aromatic carbocycles. The van der Waals surface area contributed by atoms with Crippen LogP contribution in [0.25, 0.3) is 0 Å². The third-order valence-corrected chi connectivity index (χ3v) is 5.70. The number of halogens is 1. The molecule has 0 bridgehead atoms. The maximum Gasteiger partial charge on any atom is 0.410 e. The molecule has 0 spiro atoms. The van der Waals surface area contributed by atoms with Crippen LogP contribution in [0.3, 0.4) is 0 Å². The second kappa shape index (κ2) is 9.60. The first-order chi connectivity index (χ1) is 12.7. The zero-order valence-corrected chi connectivity index (χ0v) is 17.9. The topological polar surface area (TPSA) is 58.6 Å². The quantitative estimate of drug-likeness (QED) is 0.660. The van der Waals surface area contributed by atoms with Gasteiger partial charge < -0.3 is 15.0 Å². The molecule has 1 atom stereocenters. The summed E-state index contributed by atoms with van der Waals surface area (Å²) in [7, 11) is 0. The Morgan fingerprint density at radius 1 is 1.41 bits per heavy atom. The summed E-state index contributed by atoms with van der Waals surface area (Å²) in [6.45, 7) is 10.8. The van der Waals surface area contributed by atoms with E-state index in [9.17, 15) is 9.59 Å². The van der Waals surface area contributed by atoms with Crippen LogP contribution in [-0.4, -0.2) is 41.6 Å². The first-order valence-electron chi connectivity index (χ1n) is 9.33. The van der Waals surface area contributed by atoms with Gasteiger partial charge in [-0.3, -0.25) is 4.79 Å². The third-order valence-electron chi connectivity index (χ3n) is 4.47. The van der Waals surface area contributed by atoms with Crippen LogP contribution < -0.4 is 5.32 Å². The van der Waals surface area contributed by atoms with Crippen LogP contribution in [0.5, 0.6) is 0 Å². The number of carbonyl (C=O) groups is 2. The Kier molecular flexibility index (Phi) is 7.74. The van der Waals surface area contributed by atoms with Crippen LogP contribution in [0.15, 0.2) is 24.8 Å². The summed E-state index contributed by atoms with van der Waals surface area (Å²) in [5.41, 5.74) is -0.474. The van der Waals surface area contributed by atoms with Gasteiger partial charge in [-0.2, -0.15) is 0 Å². The lowest BCUT2D eigenvalue weighted by Crippen LogP contribution is -2.43. The van der Waals surface area contributed by atoms with E-state index < -0.39 is 5.60 Å². The summed E-state index contributed by atoms with van der Waals surface area (Å²) in [6.07, 6.45) is 5.01. The van der Waals surface area contributed by atoms with E-state index >= 15 is 0 Å². The van der Waals surface area contributed by atoms with Gasteiger partial charge in [0.15, 0.2) is 0 Å². The largest absolute Gasteiger partial charge is 0.444 e. The average Bonchev–Trinajstić information content (AvgIpc) is 3.01. The van der Waals surface area contributed by atoms with Gasteiger partial charge in [-0.05, 0) is 64.5 Å². The predicted octanol–water partition coefficient (Wildman–Crippen LogP) is 5.11. The highest BCUT2D eigenvalue weighted by molar-refractivity contribution is 7.18. The van der Waals surface area contributed by atoms with Crippen molar-refractivity contribution >= 4 is 34.9 Å². The molecule has 2 heterocycles. The number of rotatable bonds is 6. The molecule has 1 saturated heterocycles. The Balaban J connectivity index is 1.84. The van der Waals surface area contributed by atoms with Crippen LogP contribution in [0.2, 0.25) is 4.34 Å². The summed E-state index contributed by atoms with van der Waals surface area (Å²) in [4.78, 5) is 27.0. The Morgan fingerprint density at radius 2 is 2.07 bits per heavy atom. The van der Waals surface area contributed by atoms with Crippen LogP contribution in [-0.2, 0) is 4.74 Å². The van der Waals surface area contributed by atoms with Gasteiger partial charge >= 0.3 is 6.09 Å². The van der Waals surface area contributed by atoms with Crippen LogP contribution in [0.1, 0.15) is 56.1 Å². The van der Waals surface area contributed by atoms with E-state index in [4.69, 9.17) is 16.3 Å². The third kappa shape index (κ3) is 7.18. The molecule has 2 amide bonds. The maximum atomic E-state index is 12.4. The van der Waals surface area contributed by atoms with E-state index in [0.717, 1.165) is 25.7 Å². The van der Waals surface area contributed by atoms with Crippen molar-refractivity contribution in [1.29, 1.82) is 0 Å². The molecule has 1 N–H and O–H groups in total. The summed E-state index contributed by atoms with van der Waals surface area (Å²) < 4.78 is 6.05. The fraction of sp³-hybridized carbons (Fsp3) is 0.600. The van der Waals surface area contributed by atoms with Gasteiger partial charge in [0.1, 0.15) is 5.60 Å². The van der Waals surface area contributed by atoms with Crippen molar-refractivity contribution in [2.75, 3.05) is 13.1 Å². The second-order valence-electron chi connectivity index (χ2n) is 7.94. The Hall–Kier alpha value is -1.53. The number of hydrogen-bond acceptors (Lipinski definition) is 4. The molecule has 27 heavy (non-hydrogen) atoms. The molecular weight excluding hydrogens is 384 g/mol. The average molecular weight is 413 g/mol. The van der Waals surface area contributed by atoms with Crippen molar-refractivity contribution in [3.63, 3.8) is 0 Å². The summed E-state index contributed by atoms with van der Waals surface area (Å²) in [6, 6.07) is 3.51. The number of piperidine rings is 1. The molecule has 1 aromatic rings. The lowest BCUT2D eigenvalue weighted by molar-refractivity contribution is 0.0178. The fourth-order valence-electron chi connectivity index (χ4n) is 3.19. The smallest absolute Gasteiger partial charge is 0.410 e. The molecule has 7 heteroatoms. The number of nitrogens with one attached hydrogen (secondary N) is 1. The van der Waals surface area contributed by atoms with E-state index in [1.165, 1.54) is 11.3 Å². The fourth-order valence-corrected chi connectivity index (χ4v) is 4.13. The molecule has 0 radical (unpaired) electrons. The normalized spacial score (nSPS) is 16.7. The molecule has 1 fully saturated rings. The van der Waals surface area contributed by atoms with Crippen LogP contribution in [0, 0.1) is 5.92 Å². The minimum atomic E-state index is -0.474. The maximum absolute atomic E-state index is 12.4. The molecule has 1 aliphatic rings. The van der Waals surface area contributed by atoms with E-state index in [1.807, 2.05) is 26.8 Å². The van der Waals surface area contributed by atoms with E-state index in [0.29, 0.717) is 28.2 Å². The van der Waals surface area contributed by atoms with Crippen molar-refractivity contribution in [3.8, 4) is 0 Å². The van der Waals surface area contributed by atoms with E-state index in [1.54, 1.807) is 17.0 Å². The summed E-state index contributed by atoms with van der Waals surface area (Å²) in [5.74, 6) is 0.366. The Labute approximate surface area is 170 Å². The monoisotopic (exact) mass is 412 g/mol. The first-order valence-corrected chi connectivity index (χ1v) is 10.5. The minimum Gasteiger partial charge on any atom is -0.444 e. The molecule has 0 aliphatic carbocycles. The van der Waals surface area contributed by atoms with Gasteiger partial charge in [0.2, 0.25) is 0 Å². The Bertz CT molecular complexity index is 660. The number of hydrogen-bond donors (Lipinski definition) is 1. The SMILES string of the molecule is C=CC[C@@H](CC1CCN(C(=O)OC(C)(C)C)CC1)NC(=O)c1ccc(Cl)s1. The van der Waals surface area contributed by atoms with E-state index in [2.05, 4.69) is 11.9 Å². The molecule has 0 saturated carbocycles. The van der Waals surface area contributed by atoms with Gasteiger partial charge in [-0.25, -0.2) is 4.79 Å². The molecule has 2 rings (SSSR count). The van der Waals surface area contributed by atoms with Gasteiger partial charge in [0.05, 0.1) is 9.21 Å². The minimum absolute atomic E-state index is 0.0361. The molecule has 150 valence electrons. The number of ether oxygens (including phenoxy) is 1. The van der Waals surface area contributed by atoms with Crippen molar-refractivity contribution in [3.05, 3.63) is 34.0 Å². The number of likely N-dealkylation sites (tertiary alicyclic amines) is 1. The highest BCUT2D eigenvalue weighted by Crippen LogP contribution is 2.25. The van der Waals surface area contributed by atoms with Crippen molar-refractivity contribution in [1.82, 2.24) is 10.2 Å². The highest BCUT2D eigenvalue weighted by Gasteiger charge is 2.28. The van der Waals surface area contributed by atoms with Crippen molar-refractivity contribution in [2.24, 2.45) is 5.92 Å². The molecule has 1 aromatic heterocycles. The highest BCUT2D eigenvalue weighted by atomic mass is 35.5. The van der Waals surface area contributed by atoms with E-state index in [-0.39, 0.29) is 18.0 Å². The zero-order valence-electron chi connectivity index (χ0n) is 16.3. The first kappa shape index (κ1) is 21.8. The number of nitrogens with zero attached hydrogens (tertiary/aromatic N) is 1. The summed E-state index contributed by atoms with van der Waals surface area (Å²) >= 11 is 7.20. The lowest BCUT2D eigenvalue weighted by atomic mass is 9.89. The van der Waals surface area contributed by atoms with Gasteiger partial charge in [-0.1, -0.05) is 17.7 Å². The van der Waals surface area contributed by atoms with Crippen molar-refractivity contribution in [2.45, 2.75) is 58.1 Å².